The molecular weight excluding hydrogens is 234 g/mol. The van der Waals surface area contributed by atoms with Crippen LogP contribution >= 0.6 is 11.6 Å². The number of aryl methyl sites for hydroxylation is 1. The van der Waals surface area contributed by atoms with Gasteiger partial charge in [0.1, 0.15) is 5.82 Å². The number of anilines is 1. The minimum absolute atomic E-state index is 0.141. The highest BCUT2D eigenvalue weighted by molar-refractivity contribution is 6.30. The van der Waals surface area contributed by atoms with Crippen LogP contribution in [-0.2, 0) is 0 Å². The zero-order chi connectivity index (χ0) is 12.4. The van der Waals surface area contributed by atoms with Gasteiger partial charge in [0.2, 0.25) is 0 Å². The first kappa shape index (κ1) is 12.0. The first-order valence-electron chi connectivity index (χ1n) is 5.68. The molecule has 17 heavy (non-hydrogen) atoms. The second-order valence-corrected chi connectivity index (χ2v) is 4.57. The average Bonchev–Trinajstić information content (AvgIpc) is 2.63. The minimum Gasteiger partial charge on any atom is -0.384 e. The Labute approximate surface area is 106 Å². The summed E-state index contributed by atoms with van der Waals surface area (Å²) in [5, 5.41) is 5.08. The molecule has 0 aliphatic heterocycles. The van der Waals surface area contributed by atoms with Gasteiger partial charge < -0.3 is 5.73 Å². The molecule has 0 fully saturated rings. The lowest BCUT2D eigenvalue weighted by Crippen LogP contribution is -2.14. The number of nitrogens with two attached hydrogens (primary N) is 1. The van der Waals surface area contributed by atoms with E-state index in [0.717, 1.165) is 28.4 Å². The largest absolute Gasteiger partial charge is 0.384 e. The van der Waals surface area contributed by atoms with Gasteiger partial charge in [-0.05, 0) is 31.0 Å². The summed E-state index contributed by atoms with van der Waals surface area (Å²) in [6.07, 6.45) is 2.72. The number of nitrogens with zero attached hydrogens (tertiary/aromatic N) is 2. The quantitative estimate of drug-likeness (QED) is 0.906. The summed E-state index contributed by atoms with van der Waals surface area (Å²) < 4.78 is 1.86. The van der Waals surface area contributed by atoms with Gasteiger partial charge in [-0.25, -0.2) is 4.68 Å². The molecule has 2 aromatic rings. The van der Waals surface area contributed by atoms with E-state index in [9.17, 15) is 0 Å². The Bertz CT molecular complexity index is 519. The van der Waals surface area contributed by atoms with Gasteiger partial charge in [-0.15, -0.1) is 0 Å². The summed E-state index contributed by atoms with van der Waals surface area (Å²) in [6, 6.07) is 7.98. The molecule has 0 spiro atoms. The molecule has 0 aliphatic rings. The third-order valence-electron chi connectivity index (χ3n) is 2.94. The molecule has 0 amide bonds. The van der Waals surface area contributed by atoms with Crippen molar-refractivity contribution in [2.24, 2.45) is 0 Å². The second kappa shape index (κ2) is 4.80. The molecule has 0 bridgehead atoms. The number of halogens is 1. The van der Waals surface area contributed by atoms with E-state index in [-0.39, 0.29) is 6.04 Å². The molecular formula is C13H16ClN3. The fourth-order valence-electron chi connectivity index (χ4n) is 1.97. The highest BCUT2D eigenvalue weighted by Gasteiger charge is 2.16. The Morgan fingerprint density at radius 2 is 2.24 bits per heavy atom. The lowest BCUT2D eigenvalue weighted by atomic mass is 10.0. The van der Waals surface area contributed by atoms with Crippen molar-refractivity contribution in [3.05, 3.63) is 46.6 Å². The van der Waals surface area contributed by atoms with Crippen molar-refractivity contribution in [1.29, 1.82) is 0 Å². The molecule has 4 heteroatoms. The van der Waals surface area contributed by atoms with Crippen molar-refractivity contribution in [1.82, 2.24) is 9.78 Å². The van der Waals surface area contributed by atoms with Gasteiger partial charge in [-0.2, -0.15) is 5.10 Å². The maximum Gasteiger partial charge on any atom is 0.125 e. The summed E-state index contributed by atoms with van der Waals surface area (Å²) in [7, 11) is 0. The van der Waals surface area contributed by atoms with Gasteiger partial charge in [-0.1, -0.05) is 30.7 Å². The molecule has 0 radical (unpaired) electrons. The summed E-state index contributed by atoms with van der Waals surface area (Å²) in [5.74, 6) is 0.719. The van der Waals surface area contributed by atoms with E-state index < -0.39 is 0 Å². The average molecular weight is 250 g/mol. The van der Waals surface area contributed by atoms with Gasteiger partial charge >= 0.3 is 0 Å². The number of hydrogen-bond acceptors (Lipinski definition) is 2. The molecule has 0 saturated carbocycles. The van der Waals surface area contributed by atoms with E-state index in [1.807, 2.05) is 29.8 Å². The Morgan fingerprint density at radius 1 is 1.47 bits per heavy atom. The van der Waals surface area contributed by atoms with E-state index >= 15 is 0 Å². The van der Waals surface area contributed by atoms with E-state index in [1.54, 1.807) is 6.20 Å². The first-order valence-corrected chi connectivity index (χ1v) is 6.06. The van der Waals surface area contributed by atoms with E-state index in [4.69, 9.17) is 17.3 Å². The second-order valence-electron chi connectivity index (χ2n) is 4.14. The van der Waals surface area contributed by atoms with Crippen LogP contribution in [0.15, 0.2) is 30.5 Å². The maximum atomic E-state index is 6.02. The van der Waals surface area contributed by atoms with Gasteiger partial charge in [0, 0.05) is 10.6 Å². The van der Waals surface area contributed by atoms with Crippen molar-refractivity contribution in [2.75, 3.05) is 5.73 Å². The van der Waals surface area contributed by atoms with E-state index in [1.165, 1.54) is 0 Å². The highest BCUT2D eigenvalue weighted by atomic mass is 35.5. The number of nitrogen functional groups attached to an aromatic ring is 1. The zero-order valence-corrected chi connectivity index (χ0v) is 10.8. The minimum atomic E-state index is 0.141. The van der Waals surface area contributed by atoms with E-state index in [2.05, 4.69) is 18.1 Å². The summed E-state index contributed by atoms with van der Waals surface area (Å²) in [5.41, 5.74) is 8.16. The van der Waals surface area contributed by atoms with Crippen molar-refractivity contribution in [3.8, 4) is 0 Å². The van der Waals surface area contributed by atoms with Gasteiger partial charge in [0.25, 0.3) is 0 Å². The Balaban J connectivity index is 2.44. The fraction of sp³-hybridized carbons (Fsp3) is 0.308. The fourth-order valence-corrected chi connectivity index (χ4v) is 2.17. The van der Waals surface area contributed by atoms with Crippen LogP contribution in [0.3, 0.4) is 0 Å². The number of aromatic nitrogens is 2. The van der Waals surface area contributed by atoms with Crippen LogP contribution < -0.4 is 5.73 Å². The molecule has 2 N–H and O–H groups in total. The van der Waals surface area contributed by atoms with Crippen LogP contribution in [0, 0.1) is 6.92 Å². The standard InChI is InChI=1S/C13H16ClN3/c1-3-12(10-5-4-6-11(14)7-10)17-13(15)9(2)8-16-17/h4-8,12H,3,15H2,1-2H3. The summed E-state index contributed by atoms with van der Waals surface area (Å²) >= 11 is 6.02. The molecule has 1 unspecified atom stereocenters. The third kappa shape index (κ3) is 2.29. The molecule has 0 aliphatic carbocycles. The number of rotatable bonds is 3. The SMILES string of the molecule is CCC(c1cccc(Cl)c1)n1ncc(C)c1N. The van der Waals surface area contributed by atoms with Crippen molar-refractivity contribution in [2.45, 2.75) is 26.3 Å². The first-order chi connectivity index (χ1) is 8.13. The van der Waals surface area contributed by atoms with Gasteiger partial charge in [0.15, 0.2) is 0 Å². The zero-order valence-electron chi connectivity index (χ0n) is 10.0. The van der Waals surface area contributed by atoms with Crippen LogP contribution in [0.5, 0.6) is 0 Å². The van der Waals surface area contributed by atoms with Crippen molar-refractivity contribution in [3.63, 3.8) is 0 Å². The van der Waals surface area contributed by atoms with Crippen LogP contribution in [0.1, 0.15) is 30.5 Å². The highest BCUT2D eigenvalue weighted by Crippen LogP contribution is 2.27. The molecule has 0 saturated heterocycles. The number of benzene rings is 1. The molecule has 2 rings (SSSR count). The van der Waals surface area contributed by atoms with Crippen LogP contribution in [0.25, 0.3) is 0 Å². The molecule has 3 nitrogen and oxygen atoms in total. The van der Waals surface area contributed by atoms with Gasteiger partial charge in [-0.3, -0.25) is 0 Å². The van der Waals surface area contributed by atoms with Crippen molar-refractivity contribution >= 4 is 17.4 Å². The van der Waals surface area contributed by atoms with Crippen LogP contribution in [-0.4, -0.2) is 9.78 Å². The summed E-state index contributed by atoms with van der Waals surface area (Å²) in [6.45, 7) is 4.07. The lowest BCUT2D eigenvalue weighted by molar-refractivity contribution is 0.516. The molecule has 1 aromatic carbocycles. The third-order valence-corrected chi connectivity index (χ3v) is 3.18. The van der Waals surface area contributed by atoms with Crippen LogP contribution in [0.4, 0.5) is 5.82 Å². The van der Waals surface area contributed by atoms with E-state index in [0.29, 0.717) is 0 Å². The molecule has 1 atom stereocenters. The predicted molar refractivity (Wildman–Crippen MR) is 71.3 cm³/mol. The monoisotopic (exact) mass is 249 g/mol. The molecule has 90 valence electrons. The maximum absolute atomic E-state index is 6.02. The van der Waals surface area contributed by atoms with Crippen molar-refractivity contribution < 1.29 is 0 Å². The Morgan fingerprint density at radius 3 is 2.76 bits per heavy atom. The van der Waals surface area contributed by atoms with Crippen LogP contribution in [0.2, 0.25) is 5.02 Å². The normalized spacial score (nSPS) is 12.6. The lowest BCUT2D eigenvalue weighted by Gasteiger charge is -2.18. The predicted octanol–water partition coefficient (Wildman–Crippen LogP) is 3.43. The summed E-state index contributed by atoms with van der Waals surface area (Å²) in [4.78, 5) is 0. The molecule has 1 aromatic heterocycles. The Kier molecular flexibility index (Phi) is 3.38. The Hall–Kier alpha value is -1.48. The topological polar surface area (TPSA) is 43.8 Å². The van der Waals surface area contributed by atoms with Gasteiger partial charge in [0.05, 0.1) is 12.2 Å². The smallest absolute Gasteiger partial charge is 0.125 e. The molecule has 1 heterocycles. The number of hydrogen-bond donors (Lipinski definition) is 1.